The number of anilines is 1. The Hall–Kier alpha value is -3.94. The number of rotatable bonds is 5. The van der Waals surface area contributed by atoms with Crippen LogP contribution in [0.2, 0.25) is 0 Å². The van der Waals surface area contributed by atoms with Crippen LogP contribution in [0, 0.1) is 12.7 Å². The first-order chi connectivity index (χ1) is 18.5. The van der Waals surface area contributed by atoms with Gasteiger partial charge in [0.05, 0.1) is 6.04 Å². The van der Waals surface area contributed by atoms with E-state index in [-0.39, 0.29) is 17.8 Å². The first-order valence-electron chi connectivity index (χ1n) is 13.0. The molecule has 0 fully saturated rings. The molecule has 1 N–H and O–H groups in total. The normalized spacial score (nSPS) is 16.9. The Morgan fingerprint density at radius 1 is 0.684 bits per heavy atom. The van der Waals surface area contributed by atoms with Crippen molar-refractivity contribution in [2.75, 3.05) is 5.32 Å². The highest BCUT2D eigenvalue weighted by Crippen LogP contribution is 2.50. The summed E-state index contributed by atoms with van der Waals surface area (Å²) in [6.07, 6.45) is 0.812. The fraction of sp³-hybridized carbons (Fsp3) is 0.118. The summed E-state index contributed by atoms with van der Waals surface area (Å²) in [5, 5.41) is 6.17. The summed E-state index contributed by atoms with van der Waals surface area (Å²) in [4.78, 5) is 0. The van der Waals surface area contributed by atoms with Crippen molar-refractivity contribution in [2.45, 2.75) is 25.3 Å². The van der Waals surface area contributed by atoms with Crippen LogP contribution in [0.15, 0.2) is 127 Å². The van der Waals surface area contributed by atoms with Gasteiger partial charge in [-0.2, -0.15) is 0 Å². The highest BCUT2D eigenvalue weighted by atomic mass is 31.2. The van der Waals surface area contributed by atoms with E-state index in [1.165, 1.54) is 23.3 Å². The molecule has 188 valence electrons. The Bertz CT molecular complexity index is 1560. The molecule has 5 aromatic rings. The molecule has 0 unspecified atom stereocenters. The molecule has 0 saturated carbocycles. The van der Waals surface area contributed by atoms with Crippen LogP contribution in [0.25, 0.3) is 0 Å². The van der Waals surface area contributed by atoms with Gasteiger partial charge in [0.2, 0.25) is 0 Å². The van der Waals surface area contributed by atoms with E-state index in [1.54, 1.807) is 0 Å². The summed E-state index contributed by atoms with van der Waals surface area (Å²) < 4.78 is 29.2. The SMILES string of the molecule is Cc1ccc([C@H]2C[C@@H](c3ccc(F)cc3)Nc3c2cccc3P(=O)(c2ccccc2)c2ccccc2)cc1. The molecule has 0 saturated heterocycles. The summed E-state index contributed by atoms with van der Waals surface area (Å²) in [7, 11) is -3.21. The molecule has 0 aromatic heterocycles. The molecule has 1 aliphatic rings. The van der Waals surface area contributed by atoms with Crippen molar-refractivity contribution < 1.29 is 8.96 Å². The largest absolute Gasteiger partial charge is 0.377 e. The van der Waals surface area contributed by atoms with Gasteiger partial charge in [-0.05, 0) is 48.2 Å². The Morgan fingerprint density at radius 2 is 1.26 bits per heavy atom. The number of aryl methyl sites for hydroxylation is 1. The van der Waals surface area contributed by atoms with Crippen LogP contribution in [0.1, 0.15) is 40.6 Å². The van der Waals surface area contributed by atoms with Crippen molar-refractivity contribution in [3.63, 3.8) is 0 Å². The van der Waals surface area contributed by atoms with E-state index in [1.807, 2.05) is 84.9 Å². The average Bonchev–Trinajstić information content (AvgIpc) is 2.97. The van der Waals surface area contributed by atoms with Crippen molar-refractivity contribution in [2.24, 2.45) is 0 Å². The number of halogens is 1. The highest BCUT2D eigenvalue weighted by Gasteiger charge is 2.37. The Balaban J connectivity index is 1.59. The number of nitrogens with one attached hydrogen (secondary N) is 1. The van der Waals surface area contributed by atoms with Gasteiger partial charge in [0, 0.05) is 27.5 Å². The Morgan fingerprint density at radius 3 is 1.87 bits per heavy atom. The first-order valence-corrected chi connectivity index (χ1v) is 14.7. The lowest BCUT2D eigenvalue weighted by atomic mass is 9.80. The second kappa shape index (κ2) is 10.1. The molecule has 2 atom stereocenters. The van der Waals surface area contributed by atoms with Gasteiger partial charge in [-0.3, -0.25) is 0 Å². The molecule has 0 radical (unpaired) electrons. The molecule has 5 aromatic carbocycles. The molecule has 1 aliphatic heterocycles. The maximum atomic E-state index is 15.4. The van der Waals surface area contributed by atoms with Gasteiger partial charge in [0.25, 0.3) is 0 Å². The zero-order chi connectivity index (χ0) is 26.1. The summed E-state index contributed by atoms with van der Waals surface area (Å²) in [5.74, 6) is -0.153. The van der Waals surface area contributed by atoms with E-state index in [2.05, 4.69) is 42.6 Å². The van der Waals surface area contributed by atoms with Gasteiger partial charge in [-0.15, -0.1) is 0 Å². The van der Waals surface area contributed by atoms with E-state index >= 15 is 4.57 Å². The monoisotopic (exact) mass is 517 g/mol. The third-order valence-electron chi connectivity index (χ3n) is 7.57. The summed E-state index contributed by atoms with van der Waals surface area (Å²) in [6.45, 7) is 2.09. The fourth-order valence-corrected chi connectivity index (χ4v) is 8.44. The minimum absolute atomic E-state index is 0.0597. The number of benzene rings is 5. The Labute approximate surface area is 223 Å². The second-order valence-electron chi connectivity index (χ2n) is 9.97. The fourth-order valence-electron chi connectivity index (χ4n) is 5.60. The van der Waals surface area contributed by atoms with Crippen LogP contribution >= 0.6 is 7.14 Å². The maximum Gasteiger partial charge on any atom is 0.173 e. The van der Waals surface area contributed by atoms with Gasteiger partial charge < -0.3 is 9.88 Å². The van der Waals surface area contributed by atoms with Crippen molar-refractivity contribution in [1.29, 1.82) is 0 Å². The smallest absolute Gasteiger partial charge is 0.173 e. The number of fused-ring (bicyclic) bond motifs is 1. The van der Waals surface area contributed by atoms with Crippen LogP contribution in [0.4, 0.5) is 10.1 Å². The molecule has 4 heteroatoms. The summed E-state index contributed by atoms with van der Waals surface area (Å²) in [6, 6.07) is 41.1. The molecule has 0 amide bonds. The van der Waals surface area contributed by atoms with Crippen molar-refractivity contribution >= 4 is 28.7 Å². The lowest BCUT2D eigenvalue weighted by molar-refractivity contribution is 0.590. The zero-order valence-electron chi connectivity index (χ0n) is 21.2. The third-order valence-corrected chi connectivity index (χ3v) is 10.7. The van der Waals surface area contributed by atoms with E-state index in [4.69, 9.17) is 0 Å². The van der Waals surface area contributed by atoms with Gasteiger partial charge >= 0.3 is 0 Å². The summed E-state index contributed by atoms with van der Waals surface area (Å²) >= 11 is 0. The van der Waals surface area contributed by atoms with Crippen LogP contribution < -0.4 is 21.2 Å². The summed E-state index contributed by atoms with van der Waals surface area (Å²) in [5.41, 5.74) is 5.49. The van der Waals surface area contributed by atoms with E-state index < -0.39 is 7.14 Å². The van der Waals surface area contributed by atoms with Crippen LogP contribution in [-0.4, -0.2) is 0 Å². The minimum atomic E-state index is -3.21. The van der Waals surface area contributed by atoms with Crippen LogP contribution in [-0.2, 0) is 4.57 Å². The predicted octanol–water partition coefficient (Wildman–Crippen LogP) is 7.46. The standard InChI is InChI=1S/C34H29FNOP/c1-24-15-17-25(18-16-24)31-23-32(26-19-21-27(35)22-20-26)36-34-30(31)13-8-14-33(34)38(37,28-9-4-2-5-10-28)29-11-6-3-7-12-29/h2-22,31-32,36H,23H2,1H3/t31-,32+/m1/s1. The topological polar surface area (TPSA) is 29.1 Å². The van der Waals surface area contributed by atoms with Crippen LogP contribution in [0.3, 0.4) is 0 Å². The van der Waals surface area contributed by atoms with Crippen molar-refractivity contribution in [3.8, 4) is 0 Å². The molecule has 38 heavy (non-hydrogen) atoms. The molecule has 0 spiro atoms. The second-order valence-corrected chi connectivity index (χ2v) is 12.7. The number of para-hydroxylation sites is 1. The number of hydrogen-bond donors (Lipinski definition) is 1. The van der Waals surface area contributed by atoms with E-state index in [0.717, 1.165) is 39.1 Å². The molecule has 6 rings (SSSR count). The molecule has 2 nitrogen and oxygen atoms in total. The molecular weight excluding hydrogens is 488 g/mol. The van der Waals surface area contributed by atoms with Gasteiger partial charge in [-0.25, -0.2) is 4.39 Å². The quantitative estimate of drug-likeness (QED) is 0.245. The zero-order valence-corrected chi connectivity index (χ0v) is 22.1. The molecule has 0 bridgehead atoms. The Kier molecular flexibility index (Phi) is 6.47. The highest BCUT2D eigenvalue weighted by molar-refractivity contribution is 7.85. The van der Waals surface area contributed by atoms with Gasteiger partial charge in [0.15, 0.2) is 7.14 Å². The molecular formula is C34H29FNOP. The average molecular weight is 518 g/mol. The lowest BCUT2D eigenvalue weighted by Crippen LogP contribution is -2.32. The van der Waals surface area contributed by atoms with Gasteiger partial charge in [0.1, 0.15) is 5.82 Å². The van der Waals surface area contributed by atoms with Gasteiger partial charge in [-0.1, -0.05) is 115 Å². The van der Waals surface area contributed by atoms with Crippen LogP contribution in [0.5, 0.6) is 0 Å². The lowest BCUT2D eigenvalue weighted by Gasteiger charge is -2.36. The predicted molar refractivity (Wildman–Crippen MR) is 156 cm³/mol. The molecule has 1 heterocycles. The third kappa shape index (κ3) is 4.38. The van der Waals surface area contributed by atoms with Crippen molar-refractivity contribution in [1.82, 2.24) is 0 Å². The van der Waals surface area contributed by atoms with Crippen molar-refractivity contribution in [3.05, 3.63) is 155 Å². The molecule has 0 aliphatic carbocycles. The van der Waals surface area contributed by atoms with E-state index in [0.29, 0.717) is 0 Å². The first kappa shape index (κ1) is 24.4. The number of hydrogen-bond acceptors (Lipinski definition) is 2. The maximum absolute atomic E-state index is 15.4. The minimum Gasteiger partial charge on any atom is -0.377 e. The van der Waals surface area contributed by atoms with E-state index in [9.17, 15) is 4.39 Å².